The third-order valence-corrected chi connectivity index (χ3v) is 8.81. The quantitative estimate of drug-likeness (QED) is 0.634. The second-order valence-electron chi connectivity index (χ2n) is 9.50. The Morgan fingerprint density at radius 3 is 2.17 bits per heavy atom. The van der Waals surface area contributed by atoms with E-state index >= 15 is 0 Å². The number of amides is 2. The maximum Gasteiger partial charge on any atom is 0.251 e. The van der Waals surface area contributed by atoms with Crippen molar-refractivity contribution in [3.63, 3.8) is 0 Å². The van der Waals surface area contributed by atoms with Gasteiger partial charge in [0.05, 0.1) is 10.8 Å². The van der Waals surface area contributed by atoms with Crippen molar-refractivity contribution in [3.05, 3.63) is 65.5 Å². The molecule has 1 aliphatic heterocycles. The lowest BCUT2D eigenvalue weighted by molar-refractivity contribution is -0.127. The van der Waals surface area contributed by atoms with Crippen LogP contribution in [-0.4, -0.2) is 49.7 Å². The van der Waals surface area contributed by atoms with Crippen molar-refractivity contribution in [1.82, 2.24) is 14.9 Å². The Morgan fingerprint density at radius 2 is 1.51 bits per heavy atom. The minimum atomic E-state index is -3.67. The molecule has 0 unspecified atom stereocenters. The number of nitrogens with zero attached hydrogens (tertiary/aromatic N) is 1. The largest absolute Gasteiger partial charge is 0.351 e. The summed E-state index contributed by atoms with van der Waals surface area (Å²) >= 11 is 0. The summed E-state index contributed by atoms with van der Waals surface area (Å²) in [7, 11) is -3.67. The maximum absolute atomic E-state index is 13.2. The minimum Gasteiger partial charge on any atom is -0.351 e. The number of rotatable bonds is 6. The van der Waals surface area contributed by atoms with Crippen LogP contribution in [0.5, 0.6) is 0 Å². The number of piperidine rings is 1. The molecule has 1 saturated carbocycles. The zero-order valence-electron chi connectivity index (χ0n) is 19.9. The van der Waals surface area contributed by atoms with Crippen molar-refractivity contribution in [2.75, 3.05) is 13.1 Å². The predicted octanol–water partition coefficient (Wildman–Crippen LogP) is 3.39. The van der Waals surface area contributed by atoms with Gasteiger partial charge < -0.3 is 10.6 Å². The summed E-state index contributed by atoms with van der Waals surface area (Å²) in [6.45, 7) is 2.43. The first kappa shape index (κ1) is 25.3. The van der Waals surface area contributed by atoms with Crippen molar-refractivity contribution >= 4 is 21.8 Å². The van der Waals surface area contributed by atoms with Crippen molar-refractivity contribution in [2.45, 2.75) is 62.4 Å². The van der Waals surface area contributed by atoms with Gasteiger partial charge in [-0.05, 0) is 69.0 Å². The van der Waals surface area contributed by atoms with Gasteiger partial charge in [-0.3, -0.25) is 9.59 Å². The van der Waals surface area contributed by atoms with Gasteiger partial charge in [-0.1, -0.05) is 30.5 Å². The van der Waals surface area contributed by atoms with E-state index in [-0.39, 0.29) is 35.3 Å². The monoisotopic (exact) mass is 501 g/mol. The van der Waals surface area contributed by atoms with Crippen LogP contribution in [-0.2, 0) is 14.8 Å². The summed E-state index contributed by atoms with van der Waals surface area (Å²) in [5.41, 5.74) is 1.35. The van der Waals surface area contributed by atoms with Gasteiger partial charge in [0.2, 0.25) is 15.9 Å². The first-order chi connectivity index (χ1) is 16.7. The van der Waals surface area contributed by atoms with Crippen molar-refractivity contribution in [1.29, 1.82) is 0 Å². The van der Waals surface area contributed by atoms with Crippen LogP contribution in [0, 0.1) is 18.7 Å². The maximum atomic E-state index is 13.2. The predicted molar refractivity (Wildman–Crippen MR) is 131 cm³/mol. The Bertz CT molecular complexity index is 1150. The second-order valence-corrected chi connectivity index (χ2v) is 11.4. The first-order valence-electron chi connectivity index (χ1n) is 12.2. The van der Waals surface area contributed by atoms with Crippen LogP contribution < -0.4 is 10.6 Å². The van der Waals surface area contributed by atoms with E-state index in [0.717, 1.165) is 31.2 Å². The Morgan fingerprint density at radius 1 is 0.886 bits per heavy atom. The number of halogens is 1. The molecule has 1 saturated heterocycles. The third kappa shape index (κ3) is 6.08. The fourth-order valence-electron chi connectivity index (χ4n) is 4.86. The molecule has 1 aliphatic carbocycles. The number of carbonyl (C=O) groups excluding carboxylic acids is 2. The normalized spacial score (nSPS) is 23.4. The van der Waals surface area contributed by atoms with Crippen LogP contribution in [0.25, 0.3) is 0 Å². The van der Waals surface area contributed by atoms with Crippen LogP contribution in [0.1, 0.15) is 54.4 Å². The molecular weight excluding hydrogens is 469 g/mol. The van der Waals surface area contributed by atoms with Crippen molar-refractivity contribution in [3.8, 4) is 0 Å². The fraction of sp³-hybridized carbons (Fsp3) is 0.462. The summed E-state index contributed by atoms with van der Waals surface area (Å²) in [4.78, 5) is 26.1. The Balaban J connectivity index is 1.39. The zero-order valence-corrected chi connectivity index (χ0v) is 20.7. The Labute approximate surface area is 206 Å². The smallest absolute Gasteiger partial charge is 0.251 e. The van der Waals surface area contributed by atoms with E-state index in [1.807, 2.05) is 6.92 Å². The van der Waals surface area contributed by atoms with Gasteiger partial charge in [0.15, 0.2) is 0 Å². The molecule has 2 aliphatic rings. The van der Waals surface area contributed by atoms with Gasteiger partial charge in [0, 0.05) is 30.7 Å². The van der Waals surface area contributed by atoms with E-state index in [2.05, 4.69) is 10.6 Å². The van der Waals surface area contributed by atoms with E-state index in [4.69, 9.17) is 0 Å². The molecule has 0 spiro atoms. The van der Waals surface area contributed by atoms with Gasteiger partial charge in [-0.2, -0.15) is 4.31 Å². The third-order valence-electron chi connectivity index (χ3n) is 6.93. The van der Waals surface area contributed by atoms with Gasteiger partial charge in [0.25, 0.3) is 5.91 Å². The highest BCUT2D eigenvalue weighted by molar-refractivity contribution is 7.89. The number of hydrogen-bond donors (Lipinski definition) is 2. The molecule has 3 atom stereocenters. The molecule has 188 valence electrons. The molecular formula is C26H32FN3O4S. The van der Waals surface area contributed by atoms with E-state index < -0.39 is 21.8 Å². The second kappa shape index (κ2) is 10.9. The lowest BCUT2D eigenvalue weighted by Gasteiger charge is -2.36. The van der Waals surface area contributed by atoms with E-state index in [9.17, 15) is 22.4 Å². The molecule has 0 radical (unpaired) electrons. The van der Waals surface area contributed by atoms with Gasteiger partial charge in [-0.15, -0.1) is 0 Å². The average Bonchev–Trinajstić information content (AvgIpc) is 2.86. The standard InChI is InChI=1S/C26H32FN3O4S/c1-18-8-14-22(15-9-18)35(33,34)30-16-4-5-20(17-30)26(32)29-24-7-3-2-6-23(24)28-25(31)19-10-12-21(27)13-11-19/h8-15,20,23-24H,2-7,16-17H2,1H3,(H,28,31)(H,29,32)/t20-,23-,24-/m1/s1. The lowest BCUT2D eigenvalue weighted by Crippen LogP contribution is -2.55. The summed E-state index contributed by atoms with van der Waals surface area (Å²) in [5, 5.41) is 6.08. The molecule has 9 heteroatoms. The number of nitrogens with one attached hydrogen (secondary N) is 2. The molecule has 2 fully saturated rings. The molecule has 35 heavy (non-hydrogen) atoms. The molecule has 1 heterocycles. The highest BCUT2D eigenvalue weighted by Gasteiger charge is 2.35. The molecule has 0 aromatic heterocycles. The van der Waals surface area contributed by atoms with Crippen LogP contribution in [0.3, 0.4) is 0 Å². The molecule has 2 amide bonds. The summed E-state index contributed by atoms with van der Waals surface area (Å²) in [6, 6.07) is 11.6. The van der Waals surface area contributed by atoms with E-state index in [0.29, 0.717) is 24.9 Å². The first-order valence-corrected chi connectivity index (χ1v) is 13.6. The Hall–Kier alpha value is -2.78. The highest BCUT2D eigenvalue weighted by Crippen LogP contribution is 2.25. The van der Waals surface area contributed by atoms with Gasteiger partial charge in [-0.25, -0.2) is 12.8 Å². The summed E-state index contributed by atoms with van der Waals surface area (Å²) in [5.74, 6) is -1.33. The lowest BCUT2D eigenvalue weighted by atomic mass is 9.89. The molecule has 4 rings (SSSR count). The highest BCUT2D eigenvalue weighted by atomic mass is 32.2. The van der Waals surface area contributed by atoms with Crippen LogP contribution >= 0.6 is 0 Å². The van der Waals surface area contributed by atoms with E-state index in [1.54, 1.807) is 24.3 Å². The van der Waals surface area contributed by atoms with E-state index in [1.165, 1.54) is 28.6 Å². The van der Waals surface area contributed by atoms with Crippen molar-refractivity contribution < 1.29 is 22.4 Å². The average molecular weight is 502 g/mol. The number of carbonyl (C=O) groups is 2. The molecule has 7 nitrogen and oxygen atoms in total. The van der Waals surface area contributed by atoms with Crippen molar-refractivity contribution in [2.24, 2.45) is 5.92 Å². The molecule has 0 bridgehead atoms. The van der Waals surface area contributed by atoms with Crippen LogP contribution in [0.15, 0.2) is 53.4 Å². The summed E-state index contributed by atoms with van der Waals surface area (Å²) in [6.07, 6.45) is 4.57. The zero-order chi connectivity index (χ0) is 25.0. The van der Waals surface area contributed by atoms with Gasteiger partial charge >= 0.3 is 0 Å². The SMILES string of the molecule is Cc1ccc(S(=O)(=O)N2CCC[C@@H](C(=O)N[C@@H]3CCCC[C@H]3NC(=O)c3ccc(F)cc3)C2)cc1. The number of hydrogen-bond acceptors (Lipinski definition) is 4. The number of sulfonamides is 1. The Kier molecular flexibility index (Phi) is 7.86. The summed E-state index contributed by atoms with van der Waals surface area (Å²) < 4.78 is 40.8. The van der Waals surface area contributed by atoms with Crippen LogP contribution in [0.4, 0.5) is 4.39 Å². The number of aryl methyl sites for hydroxylation is 1. The fourth-order valence-corrected chi connectivity index (χ4v) is 6.39. The molecule has 2 N–H and O–H groups in total. The van der Waals surface area contributed by atoms with Crippen LogP contribution in [0.2, 0.25) is 0 Å². The molecule has 2 aromatic carbocycles. The minimum absolute atomic E-state index is 0.140. The molecule has 2 aromatic rings. The van der Waals surface area contributed by atoms with Gasteiger partial charge in [0.1, 0.15) is 5.82 Å². The number of benzene rings is 2. The topological polar surface area (TPSA) is 95.6 Å².